The molecule has 1 N–H and O–H groups in total. The standard InChI is InChI=1S/C12H13ClN2O/c1-9-2-3-10(6-12(9)13)7-14-8-11-4-5-15-16-11/h2-6,14H,7-8H2,1H3. The third kappa shape index (κ3) is 2.84. The molecule has 84 valence electrons. The number of aryl methyl sites for hydroxylation is 1. The Balaban J connectivity index is 1.87. The van der Waals surface area contributed by atoms with Crippen molar-refractivity contribution in [1.29, 1.82) is 0 Å². The van der Waals surface area contributed by atoms with Crippen LogP contribution in [0.1, 0.15) is 16.9 Å². The fraction of sp³-hybridized carbons (Fsp3) is 0.250. The van der Waals surface area contributed by atoms with Gasteiger partial charge < -0.3 is 9.84 Å². The average Bonchev–Trinajstić information content (AvgIpc) is 2.76. The Morgan fingerprint density at radius 3 is 2.88 bits per heavy atom. The number of hydrogen-bond donors (Lipinski definition) is 1. The van der Waals surface area contributed by atoms with Gasteiger partial charge in [-0.2, -0.15) is 0 Å². The van der Waals surface area contributed by atoms with Gasteiger partial charge in [-0.15, -0.1) is 0 Å². The second-order valence-electron chi connectivity index (χ2n) is 3.67. The quantitative estimate of drug-likeness (QED) is 0.887. The molecule has 0 aliphatic carbocycles. The maximum Gasteiger partial charge on any atom is 0.150 e. The lowest BCUT2D eigenvalue weighted by Crippen LogP contribution is -2.12. The Kier molecular flexibility index (Phi) is 3.59. The zero-order chi connectivity index (χ0) is 11.4. The van der Waals surface area contributed by atoms with E-state index in [4.69, 9.17) is 16.1 Å². The van der Waals surface area contributed by atoms with Crippen LogP contribution in [0.3, 0.4) is 0 Å². The highest BCUT2D eigenvalue weighted by Gasteiger charge is 1.99. The summed E-state index contributed by atoms with van der Waals surface area (Å²) >= 11 is 6.04. The van der Waals surface area contributed by atoms with Gasteiger partial charge in [-0.25, -0.2) is 0 Å². The largest absolute Gasteiger partial charge is 0.360 e. The summed E-state index contributed by atoms with van der Waals surface area (Å²) in [4.78, 5) is 0. The van der Waals surface area contributed by atoms with E-state index in [0.29, 0.717) is 6.54 Å². The molecule has 0 saturated carbocycles. The Labute approximate surface area is 99.4 Å². The number of aromatic nitrogens is 1. The molecule has 0 saturated heterocycles. The monoisotopic (exact) mass is 236 g/mol. The van der Waals surface area contributed by atoms with Gasteiger partial charge in [0.1, 0.15) is 5.76 Å². The molecular formula is C12H13ClN2O. The maximum absolute atomic E-state index is 6.04. The van der Waals surface area contributed by atoms with Gasteiger partial charge in [0.2, 0.25) is 0 Å². The second-order valence-corrected chi connectivity index (χ2v) is 4.07. The minimum atomic E-state index is 0.672. The summed E-state index contributed by atoms with van der Waals surface area (Å²) in [5.41, 5.74) is 2.26. The molecule has 2 rings (SSSR count). The molecule has 1 aromatic heterocycles. The topological polar surface area (TPSA) is 38.1 Å². The summed E-state index contributed by atoms with van der Waals surface area (Å²) < 4.78 is 4.98. The van der Waals surface area contributed by atoms with Gasteiger partial charge in [0.25, 0.3) is 0 Å². The van der Waals surface area contributed by atoms with Crippen molar-refractivity contribution >= 4 is 11.6 Å². The van der Waals surface area contributed by atoms with E-state index in [1.165, 1.54) is 0 Å². The molecule has 0 amide bonds. The zero-order valence-corrected chi connectivity index (χ0v) is 9.79. The molecule has 0 atom stereocenters. The van der Waals surface area contributed by atoms with Gasteiger partial charge >= 0.3 is 0 Å². The number of nitrogens with zero attached hydrogens (tertiary/aromatic N) is 1. The van der Waals surface area contributed by atoms with Crippen LogP contribution in [0.5, 0.6) is 0 Å². The van der Waals surface area contributed by atoms with Crippen LogP contribution in [0.4, 0.5) is 0 Å². The molecule has 0 radical (unpaired) electrons. The van der Waals surface area contributed by atoms with Crippen LogP contribution in [-0.2, 0) is 13.1 Å². The van der Waals surface area contributed by atoms with E-state index in [0.717, 1.165) is 28.5 Å². The van der Waals surface area contributed by atoms with Crippen molar-refractivity contribution < 1.29 is 4.52 Å². The van der Waals surface area contributed by atoms with E-state index in [2.05, 4.69) is 16.5 Å². The van der Waals surface area contributed by atoms with Crippen LogP contribution in [0.2, 0.25) is 5.02 Å². The van der Waals surface area contributed by atoms with Crippen molar-refractivity contribution in [3.05, 3.63) is 52.4 Å². The molecule has 0 unspecified atom stereocenters. The number of hydrogen-bond acceptors (Lipinski definition) is 3. The van der Waals surface area contributed by atoms with Gasteiger partial charge in [-0.3, -0.25) is 0 Å². The van der Waals surface area contributed by atoms with Gasteiger partial charge in [0.05, 0.1) is 12.7 Å². The van der Waals surface area contributed by atoms with Gasteiger partial charge in [-0.1, -0.05) is 28.9 Å². The number of rotatable bonds is 4. The van der Waals surface area contributed by atoms with E-state index >= 15 is 0 Å². The summed E-state index contributed by atoms with van der Waals surface area (Å²) in [5, 5.41) is 7.70. The third-order valence-corrected chi connectivity index (χ3v) is 2.76. The van der Waals surface area contributed by atoms with Crippen LogP contribution >= 0.6 is 11.6 Å². The van der Waals surface area contributed by atoms with E-state index in [1.54, 1.807) is 6.20 Å². The lowest BCUT2D eigenvalue weighted by molar-refractivity contribution is 0.373. The lowest BCUT2D eigenvalue weighted by Gasteiger charge is -2.04. The second kappa shape index (κ2) is 5.14. The first kappa shape index (κ1) is 11.2. The summed E-state index contributed by atoms with van der Waals surface area (Å²) in [6, 6.07) is 7.90. The first-order valence-electron chi connectivity index (χ1n) is 5.11. The highest BCUT2D eigenvalue weighted by atomic mass is 35.5. The molecular weight excluding hydrogens is 224 g/mol. The fourth-order valence-corrected chi connectivity index (χ4v) is 1.61. The lowest BCUT2D eigenvalue weighted by atomic mass is 10.1. The van der Waals surface area contributed by atoms with Gasteiger partial charge in [0.15, 0.2) is 0 Å². The molecule has 16 heavy (non-hydrogen) atoms. The molecule has 4 heteroatoms. The highest BCUT2D eigenvalue weighted by Crippen LogP contribution is 2.16. The molecule has 0 aliphatic heterocycles. The van der Waals surface area contributed by atoms with Crippen molar-refractivity contribution in [2.45, 2.75) is 20.0 Å². The summed E-state index contributed by atoms with van der Waals surface area (Å²) in [7, 11) is 0. The first-order valence-corrected chi connectivity index (χ1v) is 5.49. The Morgan fingerprint density at radius 2 is 2.19 bits per heavy atom. The van der Waals surface area contributed by atoms with Crippen molar-refractivity contribution in [3.63, 3.8) is 0 Å². The highest BCUT2D eigenvalue weighted by molar-refractivity contribution is 6.31. The molecule has 0 aliphatic rings. The minimum Gasteiger partial charge on any atom is -0.360 e. The van der Waals surface area contributed by atoms with Crippen molar-refractivity contribution in [3.8, 4) is 0 Å². The predicted molar refractivity (Wildman–Crippen MR) is 63.2 cm³/mol. The van der Waals surface area contributed by atoms with Crippen molar-refractivity contribution in [2.75, 3.05) is 0 Å². The van der Waals surface area contributed by atoms with E-state index in [9.17, 15) is 0 Å². The minimum absolute atomic E-state index is 0.672. The Hall–Kier alpha value is -1.32. The maximum atomic E-state index is 6.04. The zero-order valence-electron chi connectivity index (χ0n) is 9.03. The normalized spacial score (nSPS) is 10.6. The Bertz CT molecular complexity index is 454. The van der Waals surface area contributed by atoms with Crippen LogP contribution in [0, 0.1) is 6.92 Å². The van der Waals surface area contributed by atoms with E-state index in [-0.39, 0.29) is 0 Å². The number of benzene rings is 1. The fourth-order valence-electron chi connectivity index (χ4n) is 1.41. The molecule has 2 aromatic rings. The van der Waals surface area contributed by atoms with E-state index in [1.807, 2.05) is 25.1 Å². The van der Waals surface area contributed by atoms with Crippen LogP contribution < -0.4 is 5.32 Å². The van der Waals surface area contributed by atoms with Gasteiger partial charge in [-0.05, 0) is 24.1 Å². The van der Waals surface area contributed by atoms with Crippen LogP contribution in [-0.4, -0.2) is 5.16 Å². The van der Waals surface area contributed by atoms with E-state index < -0.39 is 0 Å². The predicted octanol–water partition coefficient (Wildman–Crippen LogP) is 2.93. The number of halogens is 1. The van der Waals surface area contributed by atoms with Crippen LogP contribution in [0.15, 0.2) is 35.0 Å². The summed E-state index contributed by atoms with van der Waals surface area (Å²) in [5.74, 6) is 0.832. The SMILES string of the molecule is Cc1ccc(CNCc2ccno2)cc1Cl. The Morgan fingerprint density at radius 1 is 1.31 bits per heavy atom. The van der Waals surface area contributed by atoms with Crippen molar-refractivity contribution in [2.24, 2.45) is 0 Å². The molecule has 0 spiro atoms. The first-order chi connectivity index (χ1) is 7.75. The summed E-state index contributed by atoms with van der Waals surface area (Å²) in [6.07, 6.45) is 1.64. The smallest absolute Gasteiger partial charge is 0.150 e. The van der Waals surface area contributed by atoms with Gasteiger partial charge in [0, 0.05) is 17.6 Å². The molecule has 3 nitrogen and oxygen atoms in total. The summed E-state index contributed by atoms with van der Waals surface area (Å²) in [6.45, 7) is 3.43. The van der Waals surface area contributed by atoms with Crippen molar-refractivity contribution in [1.82, 2.24) is 10.5 Å². The molecule has 0 fully saturated rings. The third-order valence-electron chi connectivity index (χ3n) is 2.36. The number of nitrogens with one attached hydrogen (secondary N) is 1. The molecule has 1 heterocycles. The molecule has 0 bridgehead atoms. The molecule has 1 aromatic carbocycles. The van der Waals surface area contributed by atoms with Crippen LogP contribution in [0.25, 0.3) is 0 Å². The average molecular weight is 237 g/mol.